The van der Waals surface area contributed by atoms with Crippen LogP contribution in [0.2, 0.25) is 0 Å². The number of hydrogen-bond acceptors (Lipinski definition) is 4. The molecule has 5 heteroatoms. The molecule has 3 rings (SSSR count). The fourth-order valence-electron chi connectivity index (χ4n) is 4.04. The average Bonchev–Trinajstić information content (AvgIpc) is 2.97. The van der Waals surface area contributed by atoms with Gasteiger partial charge in [0, 0.05) is 25.7 Å². The van der Waals surface area contributed by atoms with Crippen LogP contribution in [0.15, 0.2) is 24.3 Å². The number of ether oxygens (including phenoxy) is 1. The molecule has 1 amide bonds. The number of aliphatic hydroxyl groups is 1. The zero-order chi connectivity index (χ0) is 17.1. The molecule has 2 aliphatic rings. The Hall–Kier alpha value is -1.43. The van der Waals surface area contributed by atoms with E-state index in [9.17, 15) is 9.90 Å². The third kappa shape index (κ3) is 3.79. The molecule has 1 saturated heterocycles. The third-order valence-electron chi connectivity index (χ3n) is 5.04. The third-order valence-corrected chi connectivity index (χ3v) is 5.04. The van der Waals surface area contributed by atoms with Crippen molar-refractivity contribution >= 4 is 5.91 Å². The molecule has 1 heterocycles. The minimum Gasteiger partial charge on any atom is -0.395 e. The number of benzene rings is 1. The highest BCUT2D eigenvalue weighted by molar-refractivity contribution is 5.78. The predicted molar refractivity (Wildman–Crippen MR) is 92.8 cm³/mol. The molecule has 24 heavy (non-hydrogen) atoms. The Morgan fingerprint density at radius 1 is 1.29 bits per heavy atom. The summed E-state index contributed by atoms with van der Waals surface area (Å²) in [6.07, 6.45) is 2.22. The summed E-state index contributed by atoms with van der Waals surface area (Å²) in [6.45, 7) is 6.28. The van der Waals surface area contributed by atoms with E-state index in [1.807, 2.05) is 18.7 Å². The van der Waals surface area contributed by atoms with Gasteiger partial charge in [0.15, 0.2) is 0 Å². The first-order chi connectivity index (χ1) is 11.6. The van der Waals surface area contributed by atoms with Gasteiger partial charge < -0.3 is 14.7 Å². The number of rotatable bonds is 5. The largest absolute Gasteiger partial charge is 0.395 e. The van der Waals surface area contributed by atoms with Gasteiger partial charge in [-0.05, 0) is 37.8 Å². The maximum absolute atomic E-state index is 12.8. The molecular weight excluding hydrogens is 304 g/mol. The van der Waals surface area contributed by atoms with Crippen molar-refractivity contribution in [1.29, 1.82) is 0 Å². The Morgan fingerprint density at radius 2 is 2.00 bits per heavy atom. The van der Waals surface area contributed by atoms with Gasteiger partial charge >= 0.3 is 0 Å². The van der Waals surface area contributed by atoms with E-state index in [-0.39, 0.29) is 30.8 Å². The van der Waals surface area contributed by atoms with E-state index in [0.29, 0.717) is 26.2 Å². The number of carbonyl (C=O) groups is 1. The Kier molecular flexibility index (Phi) is 5.54. The van der Waals surface area contributed by atoms with Gasteiger partial charge in [0.05, 0.1) is 25.4 Å². The second-order valence-electron chi connectivity index (χ2n) is 7.00. The first kappa shape index (κ1) is 17.4. The van der Waals surface area contributed by atoms with Gasteiger partial charge in [0.25, 0.3) is 0 Å². The van der Waals surface area contributed by atoms with Gasteiger partial charge in [-0.15, -0.1) is 0 Å². The molecule has 1 N–H and O–H groups in total. The molecule has 0 bridgehead atoms. The summed E-state index contributed by atoms with van der Waals surface area (Å²) in [5.74, 6) is 0.134. The van der Waals surface area contributed by atoms with Crippen LogP contribution in [-0.4, -0.2) is 65.8 Å². The van der Waals surface area contributed by atoms with Crippen molar-refractivity contribution in [2.75, 3.05) is 32.8 Å². The highest BCUT2D eigenvalue weighted by Crippen LogP contribution is 2.35. The normalized spacial score (nSPS) is 26.7. The van der Waals surface area contributed by atoms with Crippen LogP contribution in [0.1, 0.15) is 37.4 Å². The molecule has 1 aromatic carbocycles. The summed E-state index contributed by atoms with van der Waals surface area (Å²) in [4.78, 5) is 16.8. The standard InChI is InChI=1S/C19H28N2O3/c1-14-11-21(12-15(2)24-14)19(23)13-20(9-10-22)18-8-7-16-5-3-4-6-17(16)18/h3-6,14-15,18,22H,7-13H2,1-2H3. The minimum atomic E-state index is 0.0713. The van der Waals surface area contributed by atoms with Crippen molar-refractivity contribution in [2.45, 2.75) is 44.9 Å². The van der Waals surface area contributed by atoms with Crippen LogP contribution in [0.3, 0.4) is 0 Å². The van der Waals surface area contributed by atoms with Crippen molar-refractivity contribution in [3.63, 3.8) is 0 Å². The highest BCUT2D eigenvalue weighted by atomic mass is 16.5. The lowest BCUT2D eigenvalue weighted by molar-refractivity contribution is -0.145. The predicted octanol–water partition coefficient (Wildman–Crippen LogP) is 1.60. The van der Waals surface area contributed by atoms with E-state index in [1.54, 1.807) is 0 Å². The topological polar surface area (TPSA) is 53.0 Å². The van der Waals surface area contributed by atoms with Crippen molar-refractivity contribution in [1.82, 2.24) is 9.80 Å². The molecule has 0 radical (unpaired) electrons. The van der Waals surface area contributed by atoms with E-state index in [2.05, 4.69) is 29.2 Å². The molecule has 0 spiro atoms. The Morgan fingerprint density at radius 3 is 2.71 bits per heavy atom. The zero-order valence-electron chi connectivity index (χ0n) is 14.6. The highest BCUT2D eigenvalue weighted by Gasteiger charge is 2.31. The Labute approximate surface area is 144 Å². The van der Waals surface area contributed by atoms with Crippen LogP contribution >= 0.6 is 0 Å². The summed E-state index contributed by atoms with van der Waals surface area (Å²) in [5, 5.41) is 9.47. The van der Waals surface area contributed by atoms with Crippen LogP contribution in [0.4, 0.5) is 0 Å². The van der Waals surface area contributed by atoms with Crippen molar-refractivity contribution in [3.8, 4) is 0 Å². The summed E-state index contributed by atoms with van der Waals surface area (Å²) in [6, 6.07) is 8.68. The monoisotopic (exact) mass is 332 g/mol. The first-order valence-corrected chi connectivity index (χ1v) is 8.94. The van der Waals surface area contributed by atoms with Crippen molar-refractivity contribution < 1.29 is 14.6 Å². The van der Waals surface area contributed by atoms with Crippen LogP contribution in [0.5, 0.6) is 0 Å². The van der Waals surface area contributed by atoms with Gasteiger partial charge in [-0.3, -0.25) is 9.69 Å². The second kappa shape index (κ2) is 7.64. The lowest BCUT2D eigenvalue weighted by Gasteiger charge is -2.37. The number of morpholine rings is 1. The molecule has 3 atom stereocenters. The Balaban J connectivity index is 1.69. The first-order valence-electron chi connectivity index (χ1n) is 8.94. The Bertz CT molecular complexity index is 567. The summed E-state index contributed by atoms with van der Waals surface area (Å²) in [5.41, 5.74) is 2.67. The number of aryl methyl sites for hydroxylation is 1. The number of hydrogen-bond donors (Lipinski definition) is 1. The molecular formula is C19H28N2O3. The van der Waals surface area contributed by atoms with Gasteiger partial charge in [0.2, 0.25) is 5.91 Å². The quantitative estimate of drug-likeness (QED) is 0.890. The van der Waals surface area contributed by atoms with Crippen LogP contribution in [0.25, 0.3) is 0 Å². The summed E-state index contributed by atoms with van der Waals surface area (Å²) < 4.78 is 5.72. The van der Waals surface area contributed by atoms with Crippen LogP contribution in [-0.2, 0) is 16.0 Å². The van der Waals surface area contributed by atoms with E-state index in [0.717, 1.165) is 12.8 Å². The maximum Gasteiger partial charge on any atom is 0.236 e. The van der Waals surface area contributed by atoms with E-state index in [1.165, 1.54) is 11.1 Å². The molecule has 0 aromatic heterocycles. The van der Waals surface area contributed by atoms with Crippen LogP contribution < -0.4 is 0 Å². The lowest BCUT2D eigenvalue weighted by Crippen LogP contribution is -2.51. The zero-order valence-corrected chi connectivity index (χ0v) is 14.6. The van der Waals surface area contributed by atoms with Gasteiger partial charge in [-0.25, -0.2) is 0 Å². The number of fused-ring (bicyclic) bond motifs is 1. The molecule has 5 nitrogen and oxygen atoms in total. The molecule has 1 aliphatic carbocycles. The minimum absolute atomic E-state index is 0.0713. The van der Waals surface area contributed by atoms with Gasteiger partial charge in [-0.2, -0.15) is 0 Å². The maximum atomic E-state index is 12.8. The molecule has 1 fully saturated rings. The molecule has 3 unspecified atom stereocenters. The fourth-order valence-corrected chi connectivity index (χ4v) is 4.04. The number of aliphatic hydroxyl groups excluding tert-OH is 1. The second-order valence-corrected chi connectivity index (χ2v) is 7.00. The SMILES string of the molecule is CC1CN(C(=O)CN(CCO)C2CCc3ccccc32)CC(C)O1. The number of amides is 1. The van der Waals surface area contributed by atoms with Gasteiger partial charge in [0.1, 0.15) is 0 Å². The van der Waals surface area contributed by atoms with E-state index in [4.69, 9.17) is 4.74 Å². The smallest absolute Gasteiger partial charge is 0.236 e. The summed E-state index contributed by atoms with van der Waals surface area (Å²) in [7, 11) is 0. The van der Waals surface area contributed by atoms with Crippen molar-refractivity contribution in [3.05, 3.63) is 35.4 Å². The van der Waals surface area contributed by atoms with Crippen molar-refractivity contribution in [2.24, 2.45) is 0 Å². The molecule has 1 aliphatic heterocycles. The number of carbonyl (C=O) groups excluding carboxylic acids is 1. The molecule has 132 valence electrons. The van der Waals surface area contributed by atoms with E-state index < -0.39 is 0 Å². The average molecular weight is 332 g/mol. The molecule has 0 saturated carbocycles. The van der Waals surface area contributed by atoms with Crippen LogP contribution in [0, 0.1) is 0 Å². The summed E-state index contributed by atoms with van der Waals surface area (Å²) >= 11 is 0. The lowest BCUT2D eigenvalue weighted by atomic mass is 10.1. The van der Waals surface area contributed by atoms with E-state index >= 15 is 0 Å². The molecule has 1 aromatic rings. The van der Waals surface area contributed by atoms with Gasteiger partial charge in [-0.1, -0.05) is 24.3 Å². The fraction of sp³-hybridized carbons (Fsp3) is 0.632. The number of nitrogens with zero attached hydrogens (tertiary/aromatic N) is 2.